The van der Waals surface area contributed by atoms with E-state index in [0.717, 1.165) is 0 Å². The second-order valence-electron chi connectivity index (χ2n) is 4.97. The molecule has 0 unspecified atom stereocenters. The molecule has 0 heterocycles. The van der Waals surface area contributed by atoms with E-state index < -0.39 is 0 Å². The summed E-state index contributed by atoms with van der Waals surface area (Å²) in [5.41, 5.74) is 4.11. The highest BCUT2D eigenvalue weighted by Gasteiger charge is 2.11. The Morgan fingerprint density at radius 2 is 1.40 bits per heavy atom. The fourth-order valence-electron chi connectivity index (χ4n) is 2.07. The van der Waals surface area contributed by atoms with E-state index in [9.17, 15) is 0 Å². The van der Waals surface area contributed by atoms with Gasteiger partial charge in [0, 0.05) is 0 Å². The summed E-state index contributed by atoms with van der Waals surface area (Å²) in [5, 5.41) is 0. The van der Waals surface area contributed by atoms with Crippen LogP contribution >= 0.6 is 0 Å². The van der Waals surface area contributed by atoms with E-state index in [-0.39, 0.29) is 0 Å². The van der Waals surface area contributed by atoms with E-state index in [4.69, 9.17) is 0 Å². The quantitative estimate of drug-likeness (QED) is 0.508. The van der Waals surface area contributed by atoms with E-state index in [0.29, 0.717) is 6.04 Å². The number of quaternary nitrogens is 2. The Kier molecular flexibility index (Phi) is 10.4. The van der Waals surface area contributed by atoms with Gasteiger partial charge in [-0.05, 0) is 32.6 Å². The number of unbranched alkanes of at least 4 members (excludes halogenated alkanes) is 4. The minimum Gasteiger partial charge on any atom is -0.351 e. The van der Waals surface area contributed by atoms with Gasteiger partial charge in [-0.3, -0.25) is 0 Å². The minimum absolute atomic E-state index is 0.600. The maximum absolute atomic E-state index is 4.11. The van der Waals surface area contributed by atoms with E-state index in [2.05, 4.69) is 26.5 Å². The molecule has 0 spiro atoms. The first-order valence-electron chi connectivity index (χ1n) is 6.87. The number of hydrogen-bond acceptors (Lipinski definition) is 0. The molecule has 2 heteroatoms. The summed E-state index contributed by atoms with van der Waals surface area (Å²) >= 11 is 0. The lowest BCUT2D eigenvalue weighted by Crippen LogP contribution is -3.14. The lowest BCUT2D eigenvalue weighted by molar-refractivity contribution is -0.909. The molecule has 0 aliphatic rings. The zero-order chi connectivity index (χ0) is 11.5. The van der Waals surface area contributed by atoms with Crippen molar-refractivity contribution in [2.45, 2.75) is 65.3 Å². The molecule has 2 nitrogen and oxygen atoms in total. The molecule has 1 atom stereocenters. The van der Waals surface area contributed by atoms with Crippen LogP contribution in [0, 0.1) is 0 Å². The van der Waals surface area contributed by atoms with E-state index in [1.807, 2.05) is 0 Å². The Morgan fingerprint density at radius 1 is 0.933 bits per heavy atom. The van der Waals surface area contributed by atoms with Crippen LogP contribution in [0.3, 0.4) is 0 Å². The van der Waals surface area contributed by atoms with Crippen molar-refractivity contribution in [3.63, 3.8) is 0 Å². The molecule has 0 bridgehead atoms. The van der Waals surface area contributed by atoms with Gasteiger partial charge in [-0.25, -0.2) is 0 Å². The average molecular weight is 216 g/mol. The molecule has 0 aliphatic carbocycles. The van der Waals surface area contributed by atoms with Crippen LogP contribution in [-0.4, -0.2) is 25.7 Å². The Balaban J connectivity index is 3.63. The highest BCUT2D eigenvalue weighted by atomic mass is 15.1. The zero-order valence-electron chi connectivity index (χ0n) is 11.1. The van der Waals surface area contributed by atoms with Crippen LogP contribution in [-0.2, 0) is 0 Å². The Hall–Kier alpha value is -0.0800. The molecular formula is C13H32N2+2. The molecule has 0 radical (unpaired) electrons. The summed E-state index contributed by atoms with van der Waals surface area (Å²) in [5.74, 6) is 0. The average Bonchev–Trinajstić information content (AvgIpc) is 2.17. The third-order valence-corrected chi connectivity index (χ3v) is 2.90. The van der Waals surface area contributed by atoms with Crippen molar-refractivity contribution in [3.8, 4) is 0 Å². The fourth-order valence-corrected chi connectivity index (χ4v) is 2.07. The van der Waals surface area contributed by atoms with Gasteiger partial charge >= 0.3 is 0 Å². The summed E-state index contributed by atoms with van der Waals surface area (Å²) in [4.78, 5) is 1.78. The molecule has 0 rings (SSSR count). The van der Waals surface area contributed by atoms with Crippen LogP contribution in [0.2, 0.25) is 0 Å². The van der Waals surface area contributed by atoms with Gasteiger partial charge in [0.15, 0.2) is 0 Å². The van der Waals surface area contributed by atoms with Crippen molar-refractivity contribution >= 4 is 0 Å². The number of hydrogen-bond donors (Lipinski definition) is 2. The third kappa shape index (κ3) is 10.2. The molecule has 0 fully saturated rings. The first-order valence-corrected chi connectivity index (χ1v) is 6.87. The van der Waals surface area contributed by atoms with Gasteiger partial charge < -0.3 is 10.6 Å². The second kappa shape index (κ2) is 10.4. The number of nitrogens with one attached hydrogen (secondary N) is 1. The van der Waals surface area contributed by atoms with Gasteiger partial charge in [0.25, 0.3) is 0 Å². The molecule has 92 valence electrons. The summed E-state index contributed by atoms with van der Waals surface area (Å²) in [7, 11) is 0. The Bertz CT molecular complexity index is 114. The molecular weight excluding hydrogens is 184 g/mol. The van der Waals surface area contributed by atoms with Gasteiger partial charge in [0.1, 0.15) is 12.6 Å². The lowest BCUT2D eigenvalue weighted by atomic mass is 10.2. The van der Waals surface area contributed by atoms with Crippen LogP contribution in [0.5, 0.6) is 0 Å². The molecule has 0 aliphatic heterocycles. The van der Waals surface area contributed by atoms with Crippen molar-refractivity contribution in [2.24, 2.45) is 0 Å². The van der Waals surface area contributed by atoms with E-state index in [1.165, 1.54) is 58.2 Å². The topological polar surface area (TPSA) is 32.1 Å². The molecule has 15 heavy (non-hydrogen) atoms. The van der Waals surface area contributed by atoms with Gasteiger partial charge in [-0.15, -0.1) is 0 Å². The molecule has 0 saturated carbocycles. The maximum Gasteiger partial charge on any atom is 0.131 e. The number of rotatable bonds is 10. The van der Waals surface area contributed by atoms with Gasteiger partial charge in [-0.2, -0.15) is 0 Å². The Morgan fingerprint density at radius 3 is 1.73 bits per heavy atom. The first-order chi connectivity index (χ1) is 7.20. The van der Waals surface area contributed by atoms with E-state index in [1.54, 1.807) is 4.90 Å². The summed E-state index contributed by atoms with van der Waals surface area (Å²) < 4.78 is 0. The van der Waals surface area contributed by atoms with Crippen LogP contribution in [0.1, 0.15) is 59.3 Å². The normalized spacial score (nSPS) is 13.4. The van der Waals surface area contributed by atoms with Crippen LogP contribution in [0.25, 0.3) is 0 Å². The van der Waals surface area contributed by atoms with Crippen molar-refractivity contribution in [1.29, 1.82) is 0 Å². The summed E-state index contributed by atoms with van der Waals surface area (Å²) in [6.07, 6.45) is 8.24. The molecule has 4 N–H and O–H groups in total. The van der Waals surface area contributed by atoms with Gasteiger partial charge in [-0.1, -0.05) is 26.7 Å². The highest BCUT2D eigenvalue weighted by Crippen LogP contribution is 1.92. The molecule has 0 amide bonds. The Labute approximate surface area is 96.2 Å². The zero-order valence-corrected chi connectivity index (χ0v) is 11.1. The lowest BCUT2D eigenvalue weighted by Gasteiger charge is -2.19. The minimum atomic E-state index is 0.600. The first kappa shape index (κ1) is 14.9. The highest BCUT2D eigenvalue weighted by molar-refractivity contribution is 4.43. The van der Waals surface area contributed by atoms with E-state index >= 15 is 0 Å². The fraction of sp³-hybridized carbons (Fsp3) is 1.00. The third-order valence-electron chi connectivity index (χ3n) is 2.90. The molecule has 0 aromatic rings. The largest absolute Gasteiger partial charge is 0.351 e. The predicted molar refractivity (Wildman–Crippen MR) is 67.0 cm³/mol. The van der Waals surface area contributed by atoms with Crippen molar-refractivity contribution in [3.05, 3.63) is 0 Å². The van der Waals surface area contributed by atoms with Gasteiger partial charge in [0.2, 0.25) is 0 Å². The standard InChI is InChI=1S/C13H30N2/c1-4-6-8-10-15(12-13(3)14)11-9-7-5-2/h13H,4-12,14H2,1-3H3/p+2/t13-/m1/s1. The van der Waals surface area contributed by atoms with Crippen LogP contribution in [0.15, 0.2) is 0 Å². The summed E-state index contributed by atoms with van der Waals surface area (Å²) in [6.45, 7) is 10.8. The SMILES string of the molecule is CCCCC[NH+](CCCCC)C[C@@H](C)[NH3+]. The maximum atomic E-state index is 4.11. The van der Waals surface area contributed by atoms with Crippen molar-refractivity contribution in [2.75, 3.05) is 19.6 Å². The second-order valence-corrected chi connectivity index (χ2v) is 4.97. The van der Waals surface area contributed by atoms with Crippen molar-refractivity contribution in [1.82, 2.24) is 0 Å². The molecule has 0 saturated heterocycles. The smallest absolute Gasteiger partial charge is 0.131 e. The van der Waals surface area contributed by atoms with Gasteiger partial charge in [0.05, 0.1) is 13.1 Å². The van der Waals surface area contributed by atoms with Crippen molar-refractivity contribution < 1.29 is 10.6 Å². The molecule has 0 aromatic carbocycles. The van der Waals surface area contributed by atoms with Crippen LogP contribution < -0.4 is 10.6 Å². The van der Waals surface area contributed by atoms with Crippen LogP contribution in [0.4, 0.5) is 0 Å². The molecule has 0 aromatic heterocycles. The predicted octanol–water partition coefficient (Wildman–Crippen LogP) is 0.882. The monoisotopic (exact) mass is 216 g/mol. The summed E-state index contributed by atoms with van der Waals surface area (Å²) in [6, 6.07) is 0.600.